The summed E-state index contributed by atoms with van der Waals surface area (Å²) >= 11 is 0. The lowest BCUT2D eigenvalue weighted by atomic mass is 9.98. The predicted octanol–water partition coefficient (Wildman–Crippen LogP) is 3.10. The molecule has 3 aliphatic rings. The zero-order chi connectivity index (χ0) is 23.8. The van der Waals surface area contributed by atoms with Crippen LogP contribution in [0.25, 0.3) is 0 Å². The zero-order valence-corrected chi connectivity index (χ0v) is 19.9. The minimum absolute atomic E-state index is 0.111. The van der Waals surface area contributed by atoms with Crippen LogP contribution in [0.3, 0.4) is 0 Å². The van der Waals surface area contributed by atoms with E-state index in [2.05, 4.69) is 9.62 Å². The summed E-state index contributed by atoms with van der Waals surface area (Å²) in [6.45, 7) is 2.99. The Morgan fingerprint density at radius 3 is 3.00 bits per heavy atom. The van der Waals surface area contributed by atoms with Crippen LogP contribution in [0.5, 0.6) is 5.75 Å². The van der Waals surface area contributed by atoms with Crippen molar-refractivity contribution in [3.8, 4) is 5.75 Å². The van der Waals surface area contributed by atoms with Crippen LogP contribution in [0.1, 0.15) is 40.2 Å². The number of rotatable bonds is 8. The van der Waals surface area contributed by atoms with Gasteiger partial charge in [-0.3, -0.25) is 0 Å². The summed E-state index contributed by atoms with van der Waals surface area (Å²) in [5.74, 6) is 0.756. The number of nitrogens with one attached hydrogen (secondary N) is 1. The molecule has 0 aromatic heterocycles. The van der Waals surface area contributed by atoms with Gasteiger partial charge in [-0.25, -0.2) is 13.4 Å². The number of hydrogen-bond donors (Lipinski definition) is 2. The number of methoxy groups -OCH3 is 1. The summed E-state index contributed by atoms with van der Waals surface area (Å²) in [5.41, 5.74) is 2.28. The van der Waals surface area contributed by atoms with Crippen LogP contribution in [0, 0.1) is 17.7 Å². The summed E-state index contributed by atoms with van der Waals surface area (Å²) in [6.07, 6.45) is 2.57. The van der Waals surface area contributed by atoms with Crippen molar-refractivity contribution in [1.82, 2.24) is 4.90 Å². The molecule has 2 aromatic carbocycles. The zero-order valence-electron chi connectivity index (χ0n) is 19.1. The second-order valence-corrected chi connectivity index (χ2v) is 10.5. The average Bonchev–Trinajstić information content (AvgIpc) is 3.50. The average molecular weight is 489 g/mol. The van der Waals surface area contributed by atoms with Gasteiger partial charge in [0.2, 0.25) is 0 Å². The Bertz CT molecular complexity index is 1130. The number of likely N-dealkylation sites (tertiary alicyclic amines) is 1. The summed E-state index contributed by atoms with van der Waals surface area (Å²) in [6, 6.07) is 7.95. The third-order valence-corrected chi connectivity index (χ3v) is 8.26. The Hall–Kier alpha value is -2.49. The van der Waals surface area contributed by atoms with Gasteiger partial charge in [0.05, 0.1) is 30.9 Å². The fraction of sp³-hybridized carbons (Fsp3) is 0.480. The van der Waals surface area contributed by atoms with Crippen molar-refractivity contribution in [2.45, 2.75) is 30.1 Å². The third-order valence-electron chi connectivity index (χ3n) is 7.06. The van der Waals surface area contributed by atoms with Gasteiger partial charge >= 0.3 is 5.97 Å². The van der Waals surface area contributed by atoms with Crippen LogP contribution in [-0.4, -0.2) is 60.1 Å². The van der Waals surface area contributed by atoms with Crippen molar-refractivity contribution in [1.29, 1.82) is 0 Å². The molecule has 0 bridgehead atoms. The number of carbonyl (C=O) groups excluding carboxylic acids is 1. The number of esters is 1. The van der Waals surface area contributed by atoms with Crippen LogP contribution in [-0.2, 0) is 22.1 Å². The second kappa shape index (κ2) is 9.64. The number of halogens is 1. The van der Waals surface area contributed by atoms with E-state index in [4.69, 9.17) is 9.47 Å². The molecule has 34 heavy (non-hydrogen) atoms. The van der Waals surface area contributed by atoms with Gasteiger partial charge in [0, 0.05) is 19.0 Å². The number of aliphatic hydroxyl groups excluding tert-OH is 1. The first-order valence-electron chi connectivity index (χ1n) is 11.7. The monoisotopic (exact) mass is 488 g/mol. The minimum atomic E-state index is -1.73. The second-order valence-electron chi connectivity index (χ2n) is 9.32. The molecule has 0 spiro atoms. The molecule has 1 aliphatic carbocycles. The van der Waals surface area contributed by atoms with Crippen molar-refractivity contribution in [2.75, 3.05) is 44.7 Å². The highest BCUT2D eigenvalue weighted by molar-refractivity contribution is 7.86. The largest absolute Gasteiger partial charge is 0.492 e. The molecule has 2 unspecified atom stereocenters. The maximum Gasteiger partial charge on any atom is 0.343 e. The van der Waals surface area contributed by atoms with Gasteiger partial charge < -0.3 is 24.2 Å². The predicted molar refractivity (Wildman–Crippen MR) is 126 cm³/mol. The Kier molecular flexibility index (Phi) is 6.59. The number of β-amino-alcohol motifs (C(OH)–C–C–N with tert-alkyl or cyclic N) is 1. The van der Waals surface area contributed by atoms with Gasteiger partial charge in [-0.15, -0.1) is 0 Å². The number of ether oxygens (including phenoxy) is 2. The summed E-state index contributed by atoms with van der Waals surface area (Å²) in [7, 11) is -0.417. The molecular weight excluding hydrogens is 459 g/mol. The van der Waals surface area contributed by atoms with Gasteiger partial charge in [-0.2, -0.15) is 0 Å². The number of benzene rings is 2. The Morgan fingerprint density at radius 2 is 2.21 bits per heavy atom. The standard InChI is InChI=1S/C25H29FN2O5S/c1-32-25(30)23-21(4-3-19-20-12-17(20)14-33-24(19)23)27-34(31)22-5-2-18(26)11-16(22)10-15-6-7-28(13-15)8-9-29/h2-5,11,15,17,20,27,29H,6-10,12-14H2,1H3/t15-,17+,20?,34?/m0/s1. The molecule has 7 nitrogen and oxygen atoms in total. The lowest BCUT2D eigenvalue weighted by Crippen LogP contribution is -2.24. The summed E-state index contributed by atoms with van der Waals surface area (Å²) < 4.78 is 41.4. The SMILES string of the molecule is COC(=O)c1c(NS(=O)c2ccc(F)cc2C[C@@H]2CCN(CCO)C2)ccc2c1OC[C@H]1CC21. The molecule has 1 saturated heterocycles. The number of anilines is 1. The van der Waals surface area contributed by atoms with Crippen molar-refractivity contribution in [2.24, 2.45) is 11.8 Å². The molecule has 2 fully saturated rings. The topological polar surface area (TPSA) is 88.1 Å². The Labute approximate surface area is 200 Å². The fourth-order valence-electron chi connectivity index (χ4n) is 5.22. The van der Waals surface area contributed by atoms with E-state index in [0.29, 0.717) is 59.2 Å². The molecule has 2 heterocycles. The van der Waals surface area contributed by atoms with Crippen LogP contribution in [0.2, 0.25) is 0 Å². The van der Waals surface area contributed by atoms with E-state index >= 15 is 0 Å². The summed E-state index contributed by atoms with van der Waals surface area (Å²) in [4.78, 5) is 15.3. The van der Waals surface area contributed by atoms with Crippen molar-refractivity contribution >= 4 is 22.6 Å². The maximum atomic E-state index is 14.1. The van der Waals surface area contributed by atoms with Crippen LogP contribution < -0.4 is 9.46 Å². The van der Waals surface area contributed by atoms with Crippen LogP contribution >= 0.6 is 0 Å². The van der Waals surface area contributed by atoms with Crippen LogP contribution in [0.15, 0.2) is 35.2 Å². The lowest BCUT2D eigenvalue weighted by Gasteiger charge is -2.22. The molecule has 1 saturated carbocycles. The Morgan fingerprint density at radius 1 is 1.35 bits per heavy atom. The highest BCUT2D eigenvalue weighted by Crippen LogP contribution is 2.55. The van der Waals surface area contributed by atoms with E-state index in [9.17, 15) is 18.5 Å². The third kappa shape index (κ3) is 4.56. The smallest absolute Gasteiger partial charge is 0.343 e. The molecule has 0 radical (unpaired) electrons. The van der Waals surface area contributed by atoms with Crippen molar-refractivity contribution in [3.63, 3.8) is 0 Å². The molecule has 2 aliphatic heterocycles. The van der Waals surface area contributed by atoms with Gasteiger partial charge in [0.25, 0.3) is 0 Å². The normalized spacial score (nSPS) is 24.0. The first kappa shape index (κ1) is 23.3. The van der Waals surface area contributed by atoms with Crippen molar-refractivity contribution in [3.05, 3.63) is 52.8 Å². The number of carbonyl (C=O) groups is 1. The van der Waals surface area contributed by atoms with Crippen molar-refractivity contribution < 1.29 is 28.0 Å². The molecule has 5 rings (SSSR count). The first-order valence-corrected chi connectivity index (χ1v) is 12.8. The van der Waals surface area contributed by atoms with Gasteiger partial charge in [-0.05, 0) is 73.0 Å². The molecule has 2 N–H and O–H groups in total. The van der Waals surface area contributed by atoms with E-state index in [1.54, 1.807) is 6.07 Å². The highest BCUT2D eigenvalue weighted by Gasteiger charge is 2.45. The lowest BCUT2D eigenvalue weighted by molar-refractivity contribution is 0.0596. The Balaban J connectivity index is 1.40. The highest BCUT2D eigenvalue weighted by atomic mass is 32.2. The molecule has 182 valence electrons. The minimum Gasteiger partial charge on any atom is -0.492 e. The molecule has 0 amide bonds. The molecule has 2 aromatic rings. The van der Waals surface area contributed by atoms with E-state index in [0.717, 1.165) is 31.5 Å². The first-order chi connectivity index (χ1) is 16.5. The summed E-state index contributed by atoms with van der Waals surface area (Å²) in [5, 5.41) is 9.18. The van der Waals surface area contributed by atoms with Crippen LogP contribution in [0.4, 0.5) is 10.1 Å². The fourth-order valence-corrected chi connectivity index (χ4v) is 6.27. The van der Waals surface area contributed by atoms with Gasteiger partial charge in [0.1, 0.15) is 17.1 Å². The quantitative estimate of drug-likeness (QED) is 0.556. The van der Waals surface area contributed by atoms with E-state index in [1.807, 2.05) is 6.07 Å². The van der Waals surface area contributed by atoms with Gasteiger partial charge in [0.15, 0.2) is 11.0 Å². The van der Waals surface area contributed by atoms with E-state index in [-0.39, 0.29) is 18.0 Å². The number of nitrogens with zero attached hydrogens (tertiary/aromatic N) is 1. The molecule has 4 atom stereocenters. The molecular formula is C25H29FN2O5S. The van der Waals surface area contributed by atoms with E-state index in [1.165, 1.54) is 25.3 Å². The number of aliphatic hydroxyl groups is 1. The maximum absolute atomic E-state index is 14.1. The molecule has 9 heteroatoms. The van der Waals surface area contributed by atoms with Gasteiger partial charge in [-0.1, -0.05) is 6.07 Å². The van der Waals surface area contributed by atoms with E-state index < -0.39 is 17.0 Å². The number of fused-ring (bicyclic) bond motifs is 3. The number of hydrogen-bond acceptors (Lipinski definition) is 6.